The molecule has 6 N–H and O–H groups in total. The highest BCUT2D eigenvalue weighted by molar-refractivity contribution is 7.80. The minimum Gasteiger partial charge on any atom is -0.331 e. The molecule has 0 aromatic heterocycles. The summed E-state index contributed by atoms with van der Waals surface area (Å²) in [6.07, 6.45) is 0. The van der Waals surface area contributed by atoms with Crippen LogP contribution in [0.5, 0.6) is 0 Å². The number of hydrazine groups is 2. The van der Waals surface area contributed by atoms with Crippen molar-refractivity contribution >= 4 is 52.1 Å². The highest BCUT2D eigenvalue weighted by atomic mass is 32.1. The maximum atomic E-state index is 11.7. The summed E-state index contributed by atoms with van der Waals surface area (Å²) in [6, 6.07) is 14.8. The summed E-state index contributed by atoms with van der Waals surface area (Å²) in [4.78, 5) is 11.7. The van der Waals surface area contributed by atoms with Crippen molar-refractivity contribution in [2.24, 2.45) is 0 Å². The van der Waals surface area contributed by atoms with Crippen molar-refractivity contribution in [1.29, 1.82) is 0 Å². The third kappa shape index (κ3) is 6.91. The van der Waals surface area contributed by atoms with E-state index in [0.29, 0.717) is 0 Å². The van der Waals surface area contributed by atoms with Crippen LogP contribution in [-0.2, 0) is 0 Å². The van der Waals surface area contributed by atoms with Gasteiger partial charge in [0.25, 0.3) is 0 Å². The maximum Gasteiger partial charge on any atom is 0.352 e. The van der Waals surface area contributed by atoms with Crippen molar-refractivity contribution in [3.8, 4) is 0 Å². The highest BCUT2D eigenvalue weighted by Gasteiger charge is 2.03. The summed E-state index contributed by atoms with van der Waals surface area (Å²) >= 11 is 10.2. The lowest BCUT2D eigenvalue weighted by Crippen LogP contribution is -2.53. The van der Waals surface area contributed by atoms with Crippen LogP contribution >= 0.6 is 24.4 Å². The van der Waals surface area contributed by atoms with Gasteiger partial charge < -0.3 is 10.6 Å². The van der Waals surface area contributed by atoms with Gasteiger partial charge in [-0.05, 0) is 62.5 Å². The van der Waals surface area contributed by atoms with E-state index in [1.54, 1.807) is 0 Å². The predicted octanol–water partition coefficient (Wildman–Crippen LogP) is 2.71. The van der Waals surface area contributed by atoms with Gasteiger partial charge in [-0.3, -0.25) is 10.9 Å². The Hall–Kier alpha value is -2.91. The van der Waals surface area contributed by atoms with E-state index in [9.17, 15) is 4.79 Å². The summed E-state index contributed by atoms with van der Waals surface area (Å²) in [7, 11) is 0. The third-order valence-electron chi connectivity index (χ3n) is 3.20. The number of amides is 2. The summed E-state index contributed by atoms with van der Waals surface area (Å²) in [5.74, 6) is 0. The van der Waals surface area contributed by atoms with Gasteiger partial charge in [-0.15, -0.1) is 0 Å². The van der Waals surface area contributed by atoms with Crippen LogP contribution in [0.15, 0.2) is 48.5 Å². The van der Waals surface area contributed by atoms with Crippen LogP contribution in [0.4, 0.5) is 16.2 Å². The Labute approximate surface area is 162 Å². The summed E-state index contributed by atoms with van der Waals surface area (Å²) in [5.41, 5.74) is 13.9. The second kappa shape index (κ2) is 9.54. The number of hydrogen-bond acceptors (Lipinski definition) is 3. The number of rotatable bonds is 2. The molecule has 2 aromatic rings. The molecule has 2 rings (SSSR count). The lowest BCUT2D eigenvalue weighted by molar-refractivity contribution is 0.237. The molecule has 0 radical (unpaired) electrons. The van der Waals surface area contributed by atoms with Gasteiger partial charge in [0.05, 0.1) is 0 Å². The number of thiocarbonyl (C=S) groups is 2. The minimum absolute atomic E-state index is 0.254. The Morgan fingerprint density at radius 3 is 1.35 bits per heavy atom. The van der Waals surface area contributed by atoms with Gasteiger partial charge >= 0.3 is 6.03 Å². The smallest absolute Gasteiger partial charge is 0.331 e. The predicted molar refractivity (Wildman–Crippen MR) is 113 cm³/mol. The zero-order valence-electron chi connectivity index (χ0n) is 14.3. The molecule has 136 valence electrons. The normalized spacial score (nSPS) is 9.62. The van der Waals surface area contributed by atoms with Crippen LogP contribution in [0.2, 0.25) is 0 Å². The monoisotopic (exact) mass is 388 g/mol. The number of anilines is 2. The first-order valence-electron chi connectivity index (χ1n) is 7.76. The second-order valence-corrected chi connectivity index (χ2v) is 6.29. The van der Waals surface area contributed by atoms with E-state index in [-0.39, 0.29) is 10.2 Å². The van der Waals surface area contributed by atoms with Gasteiger partial charge in [0.15, 0.2) is 10.2 Å². The van der Waals surface area contributed by atoms with Gasteiger partial charge in [0.2, 0.25) is 0 Å². The molecule has 0 unspecified atom stereocenters. The first-order valence-corrected chi connectivity index (χ1v) is 8.57. The highest BCUT2D eigenvalue weighted by Crippen LogP contribution is 2.08. The number of aryl methyl sites for hydroxylation is 2. The number of hydrogen-bond donors (Lipinski definition) is 6. The first kappa shape index (κ1) is 19.4. The van der Waals surface area contributed by atoms with Crippen LogP contribution in [0.25, 0.3) is 0 Å². The van der Waals surface area contributed by atoms with E-state index < -0.39 is 6.03 Å². The summed E-state index contributed by atoms with van der Waals surface area (Å²) in [6.45, 7) is 3.99. The van der Waals surface area contributed by atoms with Crippen LogP contribution in [0.3, 0.4) is 0 Å². The van der Waals surface area contributed by atoms with E-state index >= 15 is 0 Å². The first-order chi connectivity index (χ1) is 12.4. The molecule has 0 spiro atoms. The van der Waals surface area contributed by atoms with Gasteiger partial charge in [-0.2, -0.15) is 0 Å². The lowest BCUT2D eigenvalue weighted by atomic mass is 10.2. The molecule has 0 atom stereocenters. The maximum absolute atomic E-state index is 11.7. The average molecular weight is 389 g/mol. The minimum atomic E-state index is -0.550. The summed E-state index contributed by atoms with van der Waals surface area (Å²) < 4.78 is 0. The van der Waals surface area contributed by atoms with E-state index in [2.05, 4.69) is 32.3 Å². The Morgan fingerprint density at radius 2 is 1.00 bits per heavy atom. The molecule has 9 heteroatoms. The standard InChI is InChI=1S/C17H20N6OS2/c1-11-3-7-13(8-4-11)18-16(25)22-20-15(24)21-23-17(26)19-14-9-5-12(2)6-10-14/h3-10H,1-2H3,(H2,18,22,25)(H2,19,23,26)(H2,20,21,24). The summed E-state index contributed by atoms with van der Waals surface area (Å²) in [5, 5.41) is 6.40. The van der Waals surface area contributed by atoms with Crippen molar-refractivity contribution in [1.82, 2.24) is 21.7 Å². The number of urea groups is 1. The molecule has 2 aromatic carbocycles. The van der Waals surface area contributed by atoms with Crippen molar-refractivity contribution in [3.63, 3.8) is 0 Å². The second-order valence-electron chi connectivity index (χ2n) is 5.47. The Kier molecular flexibility index (Phi) is 7.12. The molecule has 7 nitrogen and oxygen atoms in total. The van der Waals surface area contributed by atoms with Gasteiger partial charge in [0.1, 0.15) is 0 Å². The number of nitrogens with one attached hydrogen (secondary N) is 6. The van der Waals surface area contributed by atoms with Crippen molar-refractivity contribution < 1.29 is 4.79 Å². The number of benzene rings is 2. The fourth-order valence-electron chi connectivity index (χ4n) is 1.86. The van der Waals surface area contributed by atoms with Crippen molar-refractivity contribution in [2.45, 2.75) is 13.8 Å². The lowest BCUT2D eigenvalue weighted by Gasteiger charge is -2.14. The van der Waals surface area contributed by atoms with E-state index in [4.69, 9.17) is 24.4 Å². The molecule has 0 saturated heterocycles. The van der Waals surface area contributed by atoms with Gasteiger partial charge in [0, 0.05) is 11.4 Å². The molecule has 0 aliphatic rings. The molecule has 26 heavy (non-hydrogen) atoms. The fourth-order valence-corrected chi connectivity index (χ4v) is 2.19. The molecular weight excluding hydrogens is 368 g/mol. The molecule has 0 heterocycles. The van der Waals surface area contributed by atoms with Gasteiger partial charge in [-0.25, -0.2) is 15.6 Å². The Balaban J connectivity index is 1.66. The molecule has 0 saturated carbocycles. The third-order valence-corrected chi connectivity index (χ3v) is 3.61. The quantitative estimate of drug-likeness (QED) is 0.348. The number of carbonyl (C=O) groups excluding carboxylic acids is 1. The van der Waals surface area contributed by atoms with Crippen LogP contribution in [0.1, 0.15) is 11.1 Å². The molecular formula is C17H20N6OS2. The van der Waals surface area contributed by atoms with Crippen molar-refractivity contribution in [3.05, 3.63) is 59.7 Å². The zero-order valence-corrected chi connectivity index (χ0v) is 16.0. The van der Waals surface area contributed by atoms with Crippen LogP contribution in [0, 0.1) is 13.8 Å². The molecule has 0 aliphatic heterocycles. The topological polar surface area (TPSA) is 89.2 Å². The Morgan fingerprint density at radius 1 is 0.654 bits per heavy atom. The number of carbonyl (C=O) groups is 1. The largest absolute Gasteiger partial charge is 0.352 e. The molecule has 2 amide bonds. The SMILES string of the molecule is Cc1ccc(NC(=S)NNC(=O)NNC(=S)Nc2ccc(C)cc2)cc1. The Bertz CT molecular complexity index is 711. The van der Waals surface area contributed by atoms with Crippen LogP contribution < -0.4 is 32.3 Å². The van der Waals surface area contributed by atoms with Gasteiger partial charge in [-0.1, -0.05) is 35.4 Å². The van der Waals surface area contributed by atoms with Crippen molar-refractivity contribution in [2.75, 3.05) is 10.6 Å². The van der Waals surface area contributed by atoms with E-state index in [0.717, 1.165) is 22.5 Å². The van der Waals surface area contributed by atoms with Crippen LogP contribution in [-0.4, -0.2) is 16.3 Å². The molecule has 0 aliphatic carbocycles. The average Bonchev–Trinajstić information content (AvgIpc) is 2.62. The zero-order chi connectivity index (χ0) is 18.9. The fraction of sp³-hybridized carbons (Fsp3) is 0.118. The van der Waals surface area contributed by atoms with E-state index in [1.807, 2.05) is 62.4 Å². The van der Waals surface area contributed by atoms with E-state index in [1.165, 1.54) is 0 Å². The molecule has 0 bridgehead atoms. The molecule has 0 fully saturated rings.